The molecule has 35 heavy (non-hydrogen) atoms. The summed E-state index contributed by atoms with van der Waals surface area (Å²) in [6.45, 7) is 1.21. The Morgan fingerprint density at radius 2 is 1.94 bits per heavy atom. The molecule has 5 heterocycles. The minimum absolute atomic E-state index is 0.0155. The van der Waals surface area contributed by atoms with Gasteiger partial charge in [0.25, 0.3) is 5.92 Å². The number of hydrogen-bond acceptors (Lipinski definition) is 7. The van der Waals surface area contributed by atoms with Crippen molar-refractivity contribution in [2.45, 2.75) is 31.0 Å². The highest BCUT2D eigenvalue weighted by atomic mass is 19.4. The van der Waals surface area contributed by atoms with Crippen LogP contribution in [0.25, 0.3) is 0 Å². The minimum atomic E-state index is -4.52. The zero-order valence-corrected chi connectivity index (χ0v) is 18.8. The molecule has 0 bridgehead atoms. The van der Waals surface area contributed by atoms with E-state index in [1.807, 2.05) is 17.8 Å². The summed E-state index contributed by atoms with van der Waals surface area (Å²) in [5.41, 5.74) is 0.857. The van der Waals surface area contributed by atoms with E-state index in [4.69, 9.17) is 0 Å². The molecule has 3 aromatic rings. The van der Waals surface area contributed by atoms with Crippen molar-refractivity contribution in [1.82, 2.24) is 29.4 Å². The molecule has 2 aliphatic rings. The molecule has 13 heteroatoms. The second kappa shape index (κ2) is 8.70. The number of nitrogens with zero attached hydrogens (tertiary/aromatic N) is 7. The van der Waals surface area contributed by atoms with E-state index in [0.717, 1.165) is 37.0 Å². The van der Waals surface area contributed by atoms with Gasteiger partial charge in [-0.15, -0.1) is 0 Å². The molecular formula is C22H23F5N8. The number of aryl methyl sites for hydroxylation is 1. The third kappa shape index (κ3) is 5.19. The monoisotopic (exact) mass is 494 g/mol. The molecule has 2 fully saturated rings. The number of anilines is 3. The van der Waals surface area contributed by atoms with Crippen LogP contribution in [0.5, 0.6) is 0 Å². The van der Waals surface area contributed by atoms with Gasteiger partial charge in [-0.1, -0.05) is 0 Å². The van der Waals surface area contributed by atoms with Gasteiger partial charge in [0.1, 0.15) is 11.6 Å². The van der Waals surface area contributed by atoms with Gasteiger partial charge in [0.2, 0.25) is 5.95 Å². The first-order valence-electron chi connectivity index (χ1n) is 11.1. The van der Waals surface area contributed by atoms with Gasteiger partial charge in [-0.3, -0.25) is 4.90 Å². The molecule has 0 aromatic carbocycles. The molecule has 2 saturated heterocycles. The maximum Gasteiger partial charge on any atom is 0.416 e. The van der Waals surface area contributed by atoms with Crippen LogP contribution in [0.3, 0.4) is 0 Å². The zero-order valence-electron chi connectivity index (χ0n) is 18.8. The van der Waals surface area contributed by atoms with Crippen molar-refractivity contribution in [2.24, 2.45) is 7.05 Å². The number of imidazole rings is 1. The molecule has 5 rings (SSSR count). The van der Waals surface area contributed by atoms with E-state index >= 15 is 0 Å². The Bertz CT molecular complexity index is 1200. The Morgan fingerprint density at radius 1 is 1.14 bits per heavy atom. The van der Waals surface area contributed by atoms with Gasteiger partial charge in [-0.05, 0) is 25.1 Å². The smallest absolute Gasteiger partial charge is 0.337 e. The van der Waals surface area contributed by atoms with E-state index in [-0.39, 0.29) is 23.5 Å². The minimum Gasteiger partial charge on any atom is -0.337 e. The molecule has 1 unspecified atom stereocenters. The molecule has 2 aliphatic heterocycles. The maximum absolute atomic E-state index is 13.5. The number of alkyl halides is 5. The number of aromatic nitrogens is 5. The summed E-state index contributed by atoms with van der Waals surface area (Å²) >= 11 is 0. The third-order valence-electron chi connectivity index (χ3n) is 6.20. The first-order valence-corrected chi connectivity index (χ1v) is 11.1. The normalized spacial score (nSPS) is 20.2. The van der Waals surface area contributed by atoms with Crippen LogP contribution in [0.1, 0.15) is 29.3 Å². The summed E-state index contributed by atoms with van der Waals surface area (Å²) in [5, 5.41) is 2.80. The molecule has 0 spiro atoms. The molecule has 186 valence electrons. The first kappa shape index (κ1) is 23.4. The lowest BCUT2D eigenvalue weighted by Gasteiger charge is -2.38. The Kier molecular flexibility index (Phi) is 5.82. The van der Waals surface area contributed by atoms with E-state index in [0.29, 0.717) is 18.8 Å². The van der Waals surface area contributed by atoms with Gasteiger partial charge in [0.05, 0.1) is 36.4 Å². The Morgan fingerprint density at radius 3 is 2.63 bits per heavy atom. The number of pyridine rings is 1. The van der Waals surface area contributed by atoms with Crippen LogP contribution in [0.2, 0.25) is 0 Å². The molecule has 3 aromatic heterocycles. The summed E-state index contributed by atoms with van der Waals surface area (Å²) in [7, 11) is 1.93. The van der Waals surface area contributed by atoms with E-state index < -0.39 is 30.8 Å². The summed E-state index contributed by atoms with van der Waals surface area (Å²) in [6, 6.07) is 3.41. The van der Waals surface area contributed by atoms with Crippen LogP contribution in [-0.2, 0) is 19.8 Å². The molecule has 1 N–H and O–H groups in total. The topological polar surface area (TPSA) is 75.0 Å². The lowest BCUT2D eigenvalue weighted by Crippen LogP contribution is -2.57. The molecule has 0 aliphatic carbocycles. The largest absolute Gasteiger partial charge is 0.416 e. The van der Waals surface area contributed by atoms with Gasteiger partial charge >= 0.3 is 6.18 Å². The van der Waals surface area contributed by atoms with E-state index in [9.17, 15) is 22.0 Å². The summed E-state index contributed by atoms with van der Waals surface area (Å²) < 4.78 is 68.2. The number of halogens is 5. The number of nitrogens with one attached hydrogen (secondary N) is 1. The van der Waals surface area contributed by atoms with Crippen molar-refractivity contribution in [3.63, 3.8) is 0 Å². The fourth-order valence-corrected chi connectivity index (χ4v) is 4.31. The standard InChI is InChI=1S/C22H23F5N8/c1-33-13-28-8-16(33)10-34-5-3-14(9-34)17-7-19(32-20(30-17)35-11-21(23,24)12-35)31-18-6-15(2-4-29-18)22(25,26)27/h2,4,6-8,13-14H,3,5,9-12H2,1H3,(H,29,30,31,32). The van der Waals surface area contributed by atoms with Gasteiger partial charge in [0, 0.05) is 44.5 Å². The van der Waals surface area contributed by atoms with Crippen molar-refractivity contribution in [3.05, 3.63) is 53.9 Å². The Balaban J connectivity index is 1.39. The van der Waals surface area contributed by atoms with Crippen molar-refractivity contribution >= 4 is 17.6 Å². The lowest BCUT2D eigenvalue weighted by molar-refractivity contribution is -0.137. The molecule has 0 radical (unpaired) electrons. The van der Waals surface area contributed by atoms with Gasteiger partial charge in [0.15, 0.2) is 0 Å². The summed E-state index contributed by atoms with van der Waals surface area (Å²) in [5.74, 6) is -2.52. The molecule has 0 amide bonds. The van der Waals surface area contributed by atoms with Crippen molar-refractivity contribution < 1.29 is 22.0 Å². The summed E-state index contributed by atoms with van der Waals surface area (Å²) in [4.78, 5) is 20.5. The van der Waals surface area contributed by atoms with Crippen molar-refractivity contribution in [1.29, 1.82) is 0 Å². The van der Waals surface area contributed by atoms with Crippen molar-refractivity contribution in [3.8, 4) is 0 Å². The highest BCUT2D eigenvalue weighted by Crippen LogP contribution is 2.35. The fraction of sp³-hybridized carbons (Fsp3) is 0.455. The predicted molar refractivity (Wildman–Crippen MR) is 118 cm³/mol. The molecular weight excluding hydrogens is 471 g/mol. The zero-order chi connectivity index (χ0) is 24.8. The van der Waals surface area contributed by atoms with Crippen LogP contribution in [0, 0.1) is 0 Å². The fourth-order valence-electron chi connectivity index (χ4n) is 4.31. The predicted octanol–water partition coefficient (Wildman–Crippen LogP) is 3.81. The van der Waals surface area contributed by atoms with Gasteiger partial charge < -0.3 is 14.8 Å². The van der Waals surface area contributed by atoms with E-state index in [2.05, 4.69) is 30.2 Å². The highest BCUT2D eigenvalue weighted by molar-refractivity contribution is 5.56. The van der Waals surface area contributed by atoms with Gasteiger partial charge in [-0.25, -0.2) is 23.7 Å². The summed E-state index contributed by atoms with van der Waals surface area (Å²) in [6.07, 6.45) is 0.876. The maximum atomic E-state index is 13.5. The van der Waals surface area contributed by atoms with Crippen LogP contribution in [-0.4, -0.2) is 61.5 Å². The molecule has 1 atom stereocenters. The van der Waals surface area contributed by atoms with Gasteiger partial charge in [-0.2, -0.15) is 18.2 Å². The lowest BCUT2D eigenvalue weighted by atomic mass is 10.0. The van der Waals surface area contributed by atoms with Crippen molar-refractivity contribution in [2.75, 3.05) is 36.4 Å². The number of rotatable bonds is 6. The first-order chi connectivity index (χ1) is 16.6. The third-order valence-corrected chi connectivity index (χ3v) is 6.20. The molecule has 0 saturated carbocycles. The number of hydrogen-bond donors (Lipinski definition) is 1. The van der Waals surface area contributed by atoms with E-state index in [1.165, 1.54) is 4.90 Å². The second-order valence-corrected chi connectivity index (χ2v) is 8.96. The van der Waals surface area contributed by atoms with Crippen LogP contribution in [0.4, 0.5) is 39.5 Å². The average molecular weight is 494 g/mol. The average Bonchev–Trinajstić information content (AvgIpc) is 3.41. The van der Waals surface area contributed by atoms with E-state index in [1.54, 1.807) is 12.4 Å². The highest BCUT2D eigenvalue weighted by Gasteiger charge is 2.45. The van der Waals surface area contributed by atoms with Crippen LogP contribution < -0.4 is 10.2 Å². The van der Waals surface area contributed by atoms with Crippen LogP contribution in [0.15, 0.2) is 36.9 Å². The van der Waals surface area contributed by atoms with Crippen LogP contribution >= 0.6 is 0 Å². The second-order valence-electron chi connectivity index (χ2n) is 8.96. The molecule has 8 nitrogen and oxygen atoms in total. The SMILES string of the molecule is Cn1cncc1CN1CCC(c2cc(Nc3cc(C(F)(F)F)ccn3)nc(N3CC(F)(F)C3)n2)C1. The Labute approximate surface area is 197 Å². The number of likely N-dealkylation sites (tertiary alicyclic amines) is 1. The quantitative estimate of drug-likeness (QED) is 0.523. The Hall–Kier alpha value is -3.35.